The number of hydrogen-bond donors (Lipinski definition) is 0. The molecular weight excluding hydrogens is 316 g/mol. The Kier molecular flexibility index (Phi) is 5.58. The van der Waals surface area contributed by atoms with Gasteiger partial charge >= 0.3 is 0 Å². The summed E-state index contributed by atoms with van der Waals surface area (Å²) in [5.41, 5.74) is 0.482. The third-order valence-corrected chi connectivity index (χ3v) is 5.24. The van der Waals surface area contributed by atoms with Crippen molar-refractivity contribution in [1.29, 1.82) is 0 Å². The molecule has 0 N–H and O–H groups in total. The molecule has 0 aromatic heterocycles. The molecule has 1 aliphatic rings. The van der Waals surface area contributed by atoms with Crippen LogP contribution in [0.1, 0.15) is 66.4 Å². The topological polar surface area (TPSA) is 36.9 Å². The van der Waals surface area contributed by atoms with Gasteiger partial charge in [0, 0.05) is 12.7 Å². The second-order valence-corrected chi connectivity index (χ2v) is 9.21. The molecule has 2 unspecified atom stereocenters. The fourth-order valence-corrected chi connectivity index (χ4v) is 3.71. The van der Waals surface area contributed by atoms with Crippen molar-refractivity contribution in [2.45, 2.75) is 72.2 Å². The van der Waals surface area contributed by atoms with Crippen LogP contribution in [0.3, 0.4) is 0 Å². The zero-order valence-corrected chi connectivity index (χ0v) is 17.1. The Morgan fingerprint density at radius 2 is 1.68 bits per heavy atom. The van der Waals surface area contributed by atoms with Crippen molar-refractivity contribution in [2.24, 2.45) is 10.8 Å². The molecule has 0 radical (unpaired) electrons. The van der Waals surface area contributed by atoms with Gasteiger partial charge in [0.25, 0.3) is 5.79 Å². The van der Waals surface area contributed by atoms with Crippen LogP contribution in [0.25, 0.3) is 0 Å². The minimum absolute atomic E-state index is 0.164. The average molecular weight is 350 g/mol. The molecule has 2 atom stereocenters. The number of methoxy groups -OCH3 is 2. The van der Waals surface area contributed by atoms with Crippen LogP contribution in [-0.2, 0) is 20.3 Å². The lowest BCUT2D eigenvalue weighted by molar-refractivity contribution is -0.636. The highest BCUT2D eigenvalue weighted by Crippen LogP contribution is 2.60. The largest absolute Gasteiger partial charge is 0.497 e. The van der Waals surface area contributed by atoms with Gasteiger partial charge in [-0.15, -0.1) is 0 Å². The van der Waals surface area contributed by atoms with Gasteiger partial charge in [-0.2, -0.15) is 4.89 Å². The van der Waals surface area contributed by atoms with E-state index in [1.165, 1.54) is 0 Å². The molecule has 4 nitrogen and oxygen atoms in total. The highest BCUT2D eigenvalue weighted by Gasteiger charge is 2.71. The summed E-state index contributed by atoms with van der Waals surface area (Å²) >= 11 is 0. The average Bonchev–Trinajstić information content (AvgIpc) is 2.49. The smallest absolute Gasteiger partial charge is 0.260 e. The molecule has 1 heterocycles. The molecule has 1 aliphatic heterocycles. The Morgan fingerprint density at radius 3 is 2.12 bits per heavy atom. The van der Waals surface area contributed by atoms with Crippen molar-refractivity contribution in [3.05, 3.63) is 29.8 Å². The van der Waals surface area contributed by atoms with E-state index in [1.807, 2.05) is 24.3 Å². The Labute approximate surface area is 152 Å². The van der Waals surface area contributed by atoms with Crippen LogP contribution in [-0.4, -0.2) is 19.8 Å². The number of rotatable bonds is 6. The summed E-state index contributed by atoms with van der Waals surface area (Å²) in [6.45, 7) is 13.3. The summed E-state index contributed by atoms with van der Waals surface area (Å²) in [6.07, 6.45) is 3.02. The van der Waals surface area contributed by atoms with E-state index < -0.39 is 11.4 Å². The minimum Gasteiger partial charge on any atom is -0.497 e. The second-order valence-electron chi connectivity index (χ2n) is 9.21. The van der Waals surface area contributed by atoms with Crippen molar-refractivity contribution in [3.63, 3.8) is 0 Å². The molecular formula is C21H34O4. The van der Waals surface area contributed by atoms with Crippen LogP contribution in [0.5, 0.6) is 5.75 Å². The maximum atomic E-state index is 5.98. The fourth-order valence-electron chi connectivity index (χ4n) is 3.71. The predicted molar refractivity (Wildman–Crippen MR) is 99.3 cm³/mol. The highest BCUT2D eigenvalue weighted by molar-refractivity contribution is 5.35. The summed E-state index contributed by atoms with van der Waals surface area (Å²) < 4.78 is 11.4. The van der Waals surface area contributed by atoms with Crippen molar-refractivity contribution >= 4 is 0 Å². The quantitative estimate of drug-likeness (QED) is 0.639. The fraction of sp³-hybridized carbons (Fsp3) is 0.714. The van der Waals surface area contributed by atoms with Crippen LogP contribution in [0.2, 0.25) is 0 Å². The first-order chi connectivity index (χ1) is 11.5. The predicted octanol–water partition coefficient (Wildman–Crippen LogP) is 5.46. The molecule has 0 saturated carbocycles. The second kappa shape index (κ2) is 6.90. The van der Waals surface area contributed by atoms with E-state index in [2.05, 4.69) is 41.5 Å². The number of hydrogen-bond acceptors (Lipinski definition) is 4. The molecule has 1 fully saturated rings. The molecule has 142 valence electrons. The van der Waals surface area contributed by atoms with Gasteiger partial charge in [-0.1, -0.05) is 53.7 Å². The van der Waals surface area contributed by atoms with Crippen molar-refractivity contribution in [3.8, 4) is 5.75 Å². The number of benzene rings is 1. The SMILES string of the molecule is COc1cccc(C2(OC)OOC2(CCCC(C)(C)C)C(C)(C)C)c1. The van der Waals surface area contributed by atoms with E-state index in [1.54, 1.807) is 14.2 Å². The lowest BCUT2D eigenvalue weighted by Crippen LogP contribution is -2.71. The molecule has 1 saturated heterocycles. The minimum atomic E-state index is -0.933. The van der Waals surface area contributed by atoms with Gasteiger partial charge in [-0.05, 0) is 42.2 Å². The van der Waals surface area contributed by atoms with Crippen LogP contribution >= 0.6 is 0 Å². The molecule has 4 heteroatoms. The third kappa shape index (κ3) is 3.57. The third-order valence-electron chi connectivity index (χ3n) is 5.24. The molecule has 1 aromatic carbocycles. The summed E-state index contributed by atoms with van der Waals surface area (Å²) in [4.78, 5) is 11.6. The van der Waals surface area contributed by atoms with Crippen molar-refractivity contribution in [2.75, 3.05) is 14.2 Å². The summed E-state index contributed by atoms with van der Waals surface area (Å²) in [5, 5.41) is 0. The standard InChI is InChI=1S/C21H34O4/c1-18(2,3)13-10-14-20(19(4,5)6)21(23-8,25-24-20)16-11-9-12-17(15-16)22-7/h9,11-12,15H,10,13-14H2,1-8H3. The van der Waals surface area contributed by atoms with E-state index in [-0.39, 0.29) is 10.8 Å². The first-order valence-corrected chi connectivity index (χ1v) is 9.08. The van der Waals surface area contributed by atoms with Gasteiger partial charge in [0.05, 0.1) is 7.11 Å². The summed E-state index contributed by atoms with van der Waals surface area (Å²) in [5.74, 6) is -0.153. The maximum Gasteiger partial charge on any atom is 0.260 e. The zero-order chi connectivity index (χ0) is 18.9. The van der Waals surface area contributed by atoms with Crippen LogP contribution in [0.15, 0.2) is 24.3 Å². The van der Waals surface area contributed by atoms with Gasteiger partial charge in [-0.25, -0.2) is 4.89 Å². The number of ether oxygens (including phenoxy) is 2. The summed E-state index contributed by atoms with van der Waals surface area (Å²) in [7, 11) is 3.35. The van der Waals surface area contributed by atoms with Crippen LogP contribution in [0, 0.1) is 10.8 Å². The van der Waals surface area contributed by atoms with Gasteiger partial charge in [0.2, 0.25) is 0 Å². The first kappa shape index (κ1) is 20.2. The van der Waals surface area contributed by atoms with Gasteiger partial charge in [0.1, 0.15) is 5.75 Å². The van der Waals surface area contributed by atoms with E-state index >= 15 is 0 Å². The molecule has 0 aliphatic carbocycles. The van der Waals surface area contributed by atoms with Crippen LogP contribution < -0.4 is 4.74 Å². The highest BCUT2D eigenvalue weighted by atomic mass is 17.3. The van der Waals surface area contributed by atoms with Crippen molar-refractivity contribution < 1.29 is 19.2 Å². The van der Waals surface area contributed by atoms with E-state index in [0.29, 0.717) is 0 Å². The Balaban J connectivity index is 2.41. The van der Waals surface area contributed by atoms with Crippen molar-refractivity contribution in [1.82, 2.24) is 0 Å². The summed E-state index contributed by atoms with van der Waals surface area (Å²) in [6, 6.07) is 7.86. The first-order valence-electron chi connectivity index (χ1n) is 9.08. The monoisotopic (exact) mass is 350 g/mol. The van der Waals surface area contributed by atoms with E-state index in [0.717, 1.165) is 30.6 Å². The molecule has 1 aromatic rings. The van der Waals surface area contributed by atoms with Gasteiger partial charge < -0.3 is 9.47 Å². The van der Waals surface area contributed by atoms with E-state index in [9.17, 15) is 0 Å². The molecule has 0 bridgehead atoms. The lowest BCUT2D eigenvalue weighted by Gasteiger charge is -2.60. The lowest BCUT2D eigenvalue weighted by atomic mass is 9.65. The normalized spacial score (nSPS) is 27.0. The van der Waals surface area contributed by atoms with Gasteiger partial charge in [-0.3, -0.25) is 0 Å². The van der Waals surface area contributed by atoms with Gasteiger partial charge in [0.15, 0.2) is 5.60 Å². The molecule has 25 heavy (non-hydrogen) atoms. The van der Waals surface area contributed by atoms with E-state index in [4.69, 9.17) is 19.2 Å². The maximum absolute atomic E-state index is 5.98. The molecule has 2 rings (SSSR count). The molecule has 0 amide bonds. The molecule has 0 spiro atoms. The zero-order valence-electron chi connectivity index (χ0n) is 17.1. The Hall–Kier alpha value is -1.10. The Bertz CT molecular complexity index is 580. The Morgan fingerprint density at radius 1 is 1.00 bits per heavy atom. The van der Waals surface area contributed by atoms with Crippen LogP contribution in [0.4, 0.5) is 0 Å².